The van der Waals surface area contributed by atoms with Crippen LogP contribution in [0.15, 0.2) is 29.3 Å². The van der Waals surface area contributed by atoms with Crippen LogP contribution in [0, 0.1) is 0 Å². The molecule has 0 spiro atoms. The number of nitrogens with zero attached hydrogens (tertiary/aromatic N) is 1. The SMILES string of the molecule is CN=C(NCC(=O)NC(C)(C)C)NCC1(c2cccc(OC)c2)CCCC1. The van der Waals surface area contributed by atoms with Crippen LogP contribution in [-0.2, 0) is 10.2 Å². The third kappa shape index (κ3) is 6.15. The third-order valence-electron chi connectivity index (χ3n) is 4.99. The van der Waals surface area contributed by atoms with E-state index < -0.39 is 0 Å². The molecule has 0 aromatic heterocycles. The number of hydrogen-bond acceptors (Lipinski definition) is 3. The van der Waals surface area contributed by atoms with Crippen LogP contribution < -0.4 is 20.7 Å². The number of benzene rings is 1. The van der Waals surface area contributed by atoms with E-state index in [2.05, 4.69) is 39.1 Å². The summed E-state index contributed by atoms with van der Waals surface area (Å²) in [5, 5.41) is 9.48. The van der Waals surface area contributed by atoms with E-state index in [1.54, 1.807) is 14.2 Å². The van der Waals surface area contributed by atoms with E-state index in [9.17, 15) is 4.79 Å². The molecule has 1 amide bonds. The first kappa shape index (κ1) is 21.1. The Morgan fingerprint density at radius 3 is 2.52 bits per heavy atom. The smallest absolute Gasteiger partial charge is 0.239 e. The Bertz CT molecular complexity index is 658. The highest BCUT2D eigenvalue weighted by atomic mass is 16.5. The van der Waals surface area contributed by atoms with Crippen LogP contribution >= 0.6 is 0 Å². The molecule has 1 aliphatic carbocycles. The van der Waals surface area contributed by atoms with Crippen LogP contribution in [0.2, 0.25) is 0 Å². The van der Waals surface area contributed by atoms with Crippen molar-refractivity contribution in [1.82, 2.24) is 16.0 Å². The van der Waals surface area contributed by atoms with E-state index in [1.807, 2.05) is 26.8 Å². The second kappa shape index (κ2) is 9.11. The highest BCUT2D eigenvalue weighted by molar-refractivity contribution is 5.86. The van der Waals surface area contributed by atoms with Gasteiger partial charge < -0.3 is 20.7 Å². The van der Waals surface area contributed by atoms with Crippen molar-refractivity contribution >= 4 is 11.9 Å². The molecule has 1 saturated carbocycles. The van der Waals surface area contributed by atoms with Gasteiger partial charge in [-0.05, 0) is 51.3 Å². The van der Waals surface area contributed by atoms with Crippen molar-refractivity contribution in [2.24, 2.45) is 4.99 Å². The number of ether oxygens (including phenoxy) is 1. The maximum absolute atomic E-state index is 12.0. The molecule has 1 aromatic carbocycles. The average Bonchev–Trinajstić information content (AvgIpc) is 3.10. The van der Waals surface area contributed by atoms with Gasteiger partial charge >= 0.3 is 0 Å². The number of hydrogen-bond donors (Lipinski definition) is 3. The van der Waals surface area contributed by atoms with Crippen LogP contribution in [0.1, 0.15) is 52.0 Å². The maximum atomic E-state index is 12.0. The summed E-state index contributed by atoms with van der Waals surface area (Å²) < 4.78 is 5.41. The molecule has 0 heterocycles. The van der Waals surface area contributed by atoms with E-state index in [-0.39, 0.29) is 23.4 Å². The van der Waals surface area contributed by atoms with Crippen LogP contribution in [0.4, 0.5) is 0 Å². The molecule has 2 rings (SSSR count). The van der Waals surface area contributed by atoms with Gasteiger partial charge in [0.25, 0.3) is 0 Å². The van der Waals surface area contributed by atoms with Crippen molar-refractivity contribution < 1.29 is 9.53 Å². The van der Waals surface area contributed by atoms with Crippen molar-refractivity contribution in [3.8, 4) is 5.75 Å². The van der Waals surface area contributed by atoms with Gasteiger partial charge in [0.1, 0.15) is 5.75 Å². The molecule has 0 unspecified atom stereocenters. The third-order valence-corrected chi connectivity index (χ3v) is 4.99. The van der Waals surface area contributed by atoms with Gasteiger partial charge in [0.15, 0.2) is 5.96 Å². The first-order chi connectivity index (χ1) is 12.8. The molecule has 0 saturated heterocycles. The molecule has 1 aliphatic rings. The maximum Gasteiger partial charge on any atom is 0.239 e. The van der Waals surface area contributed by atoms with Crippen LogP contribution in [-0.4, -0.2) is 44.7 Å². The topological polar surface area (TPSA) is 74.8 Å². The summed E-state index contributed by atoms with van der Waals surface area (Å²) in [5.41, 5.74) is 1.13. The van der Waals surface area contributed by atoms with E-state index in [0.29, 0.717) is 5.96 Å². The molecule has 6 nitrogen and oxygen atoms in total. The minimum absolute atomic E-state index is 0.0474. The lowest BCUT2D eigenvalue weighted by atomic mass is 9.78. The van der Waals surface area contributed by atoms with Gasteiger partial charge in [-0.2, -0.15) is 0 Å². The summed E-state index contributed by atoms with van der Waals surface area (Å²) in [6.07, 6.45) is 4.71. The van der Waals surface area contributed by atoms with Gasteiger partial charge in [-0.15, -0.1) is 0 Å². The fraction of sp³-hybridized carbons (Fsp3) is 0.619. The van der Waals surface area contributed by atoms with Crippen molar-refractivity contribution in [3.05, 3.63) is 29.8 Å². The fourth-order valence-electron chi connectivity index (χ4n) is 3.67. The molecule has 27 heavy (non-hydrogen) atoms. The lowest BCUT2D eigenvalue weighted by molar-refractivity contribution is -0.121. The van der Waals surface area contributed by atoms with Gasteiger partial charge in [0.05, 0.1) is 13.7 Å². The minimum atomic E-state index is -0.240. The summed E-state index contributed by atoms with van der Waals surface area (Å²) in [7, 11) is 3.43. The monoisotopic (exact) mass is 374 g/mol. The quantitative estimate of drug-likeness (QED) is 0.528. The van der Waals surface area contributed by atoms with Gasteiger partial charge in [0, 0.05) is 24.5 Å². The largest absolute Gasteiger partial charge is 0.497 e. The van der Waals surface area contributed by atoms with Gasteiger partial charge in [-0.3, -0.25) is 9.79 Å². The first-order valence-electron chi connectivity index (χ1n) is 9.68. The number of carbonyl (C=O) groups excluding carboxylic acids is 1. The summed E-state index contributed by atoms with van der Waals surface area (Å²) >= 11 is 0. The fourth-order valence-corrected chi connectivity index (χ4v) is 3.67. The lowest BCUT2D eigenvalue weighted by Crippen LogP contribution is -2.50. The zero-order valence-corrected chi connectivity index (χ0v) is 17.3. The Morgan fingerprint density at radius 1 is 1.22 bits per heavy atom. The number of amides is 1. The van der Waals surface area contributed by atoms with Gasteiger partial charge in [-0.25, -0.2) is 0 Å². The molecule has 150 valence electrons. The zero-order valence-electron chi connectivity index (χ0n) is 17.3. The molecule has 0 atom stereocenters. The Hall–Kier alpha value is -2.24. The lowest BCUT2D eigenvalue weighted by Gasteiger charge is -2.31. The van der Waals surface area contributed by atoms with Crippen molar-refractivity contribution in [2.75, 3.05) is 27.2 Å². The molecule has 0 radical (unpaired) electrons. The number of nitrogens with one attached hydrogen (secondary N) is 3. The number of rotatable bonds is 6. The summed E-state index contributed by atoms with van der Waals surface area (Å²) in [6, 6.07) is 8.36. The van der Waals surface area contributed by atoms with E-state index >= 15 is 0 Å². The van der Waals surface area contributed by atoms with Gasteiger partial charge in [0.2, 0.25) is 5.91 Å². The van der Waals surface area contributed by atoms with E-state index in [0.717, 1.165) is 25.1 Å². The molecule has 1 aromatic rings. The highest BCUT2D eigenvalue weighted by Crippen LogP contribution is 2.41. The van der Waals surface area contributed by atoms with Crippen molar-refractivity contribution in [1.29, 1.82) is 0 Å². The predicted octanol–water partition coefficient (Wildman–Crippen LogP) is 2.59. The van der Waals surface area contributed by atoms with Crippen molar-refractivity contribution in [3.63, 3.8) is 0 Å². The second-order valence-electron chi connectivity index (χ2n) is 8.30. The second-order valence-corrected chi connectivity index (χ2v) is 8.30. The Labute approximate surface area is 163 Å². The Kier molecular flexibility index (Phi) is 7.11. The standard InChI is InChI=1S/C21H34N4O2/c1-20(2,3)25-18(26)14-23-19(22-4)24-15-21(11-6-7-12-21)16-9-8-10-17(13-16)27-5/h8-10,13H,6-7,11-12,14-15H2,1-5H3,(H,25,26)(H2,22,23,24). The van der Waals surface area contributed by atoms with Crippen LogP contribution in [0.3, 0.4) is 0 Å². The van der Waals surface area contributed by atoms with E-state index in [4.69, 9.17) is 4.74 Å². The number of carbonyl (C=O) groups is 1. The normalized spacial score (nSPS) is 16.7. The Morgan fingerprint density at radius 2 is 1.93 bits per heavy atom. The molecular formula is C21H34N4O2. The van der Waals surface area contributed by atoms with Crippen molar-refractivity contribution in [2.45, 2.75) is 57.4 Å². The first-order valence-corrected chi connectivity index (χ1v) is 9.68. The summed E-state index contributed by atoms with van der Waals surface area (Å²) in [6.45, 7) is 6.88. The molecule has 3 N–H and O–H groups in total. The summed E-state index contributed by atoms with van der Waals surface area (Å²) in [5.74, 6) is 1.49. The summed E-state index contributed by atoms with van der Waals surface area (Å²) in [4.78, 5) is 16.3. The molecule has 0 aliphatic heterocycles. The number of aliphatic imine (C=N–C) groups is 1. The van der Waals surface area contributed by atoms with Crippen LogP contribution in [0.25, 0.3) is 0 Å². The molecule has 6 heteroatoms. The zero-order chi connectivity index (χ0) is 19.9. The highest BCUT2D eigenvalue weighted by Gasteiger charge is 2.36. The van der Waals surface area contributed by atoms with Crippen LogP contribution in [0.5, 0.6) is 5.75 Å². The predicted molar refractivity (Wildman–Crippen MR) is 110 cm³/mol. The Balaban J connectivity index is 1.99. The van der Waals surface area contributed by atoms with Gasteiger partial charge in [-0.1, -0.05) is 25.0 Å². The number of guanidine groups is 1. The average molecular weight is 375 g/mol. The number of methoxy groups -OCH3 is 1. The molecule has 1 fully saturated rings. The molecule has 0 bridgehead atoms. The minimum Gasteiger partial charge on any atom is -0.497 e. The molecular weight excluding hydrogens is 340 g/mol. The van der Waals surface area contributed by atoms with E-state index in [1.165, 1.54) is 18.4 Å².